The average Bonchev–Trinajstić information content (AvgIpc) is 2.40. The Morgan fingerprint density at radius 3 is 2.72 bits per heavy atom. The zero-order valence-electron chi connectivity index (χ0n) is 10.2. The number of fused-ring (bicyclic) bond motifs is 3. The third-order valence-electron chi connectivity index (χ3n) is 3.49. The first-order valence-electron chi connectivity index (χ1n) is 6.17. The topological polar surface area (TPSA) is 52.7 Å². The monoisotopic (exact) mass is 245 g/mol. The van der Waals surface area contributed by atoms with Gasteiger partial charge in [-0.2, -0.15) is 0 Å². The van der Waals surface area contributed by atoms with Gasteiger partial charge >= 0.3 is 0 Å². The molecule has 0 spiro atoms. The molecule has 94 valence electrons. The predicted octanol–water partition coefficient (Wildman–Crippen LogP) is 0.358. The zero-order valence-corrected chi connectivity index (χ0v) is 10.2. The van der Waals surface area contributed by atoms with E-state index in [2.05, 4.69) is 5.32 Å². The van der Waals surface area contributed by atoms with Crippen molar-refractivity contribution in [3.63, 3.8) is 0 Å². The molecule has 1 aromatic carbocycles. The second-order valence-electron chi connectivity index (χ2n) is 4.48. The summed E-state index contributed by atoms with van der Waals surface area (Å²) in [6.07, 6.45) is 0. The molecule has 0 bridgehead atoms. The van der Waals surface area contributed by atoms with E-state index in [-0.39, 0.29) is 11.8 Å². The number of hydrogen-bond acceptors (Lipinski definition) is 3. The Labute approximate surface area is 105 Å². The Balaban J connectivity index is 2.16. The summed E-state index contributed by atoms with van der Waals surface area (Å²) < 4.78 is 0. The summed E-state index contributed by atoms with van der Waals surface area (Å²) in [7, 11) is 0. The van der Waals surface area contributed by atoms with Crippen molar-refractivity contribution in [2.75, 3.05) is 29.4 Å². The first-order chi connectivity index (χ1) is 8.74. The standard InChI is InChI=1S/C13H15N3O2/c1-2-15-9-5-3-4-6-10(9)16-11(13(15)18)7-14-8-12(16)17/h3-6,11,14H,2,7-8H2,1H3. The molecule has 1 atom stereocenters. The third kappa shape index (κ3) is 1.44. The molecule has 1 saturated heterocycles. The lowest BCUT2D eigenvalue weighted by Crippen LogP contribution is -2.64. The van der Waals surface area contributed by atoms with Gasteiger partial charge in [0.1, 0.15) is 6.04 Å². The number of piperazine rings is 1. The number of carbonyl (C=O) groups is 2. The van der Waals surface area contributed by atoms with Crippen LogP contribution >= 0.6 is 0 Å². The average molecular weight is 245 g/mol. The summed E-state index contributed by atoms with van der Waals surface area (Å²) in [5.74, 6) is -0.0421. The fourth-order valence-electron chi connectivity index (χ4n) is 2.69. The van der Waals surface area contributed by atoms with Crippen LogP contribution in [0.25, 0.3) is 0 Å². The minimum atomic E-state index is -0.402. The Hall–Kier alpha value is -1.88. The highest BCUT2D eigenvalue weighted by atomic mass is 16.2. The molecule has 5 heteroatoms. The molecule has 2 aliphatic rings. The van der Waals surface area contributed by atoms with Gasteiger partial charge in [-0.1, -0.05) is 12.1 Å². The molecule has 0 saturated carbocycles. The number of carbonyl (C=O) groups excluding carboxylic acids is 2. The van der Waals surface area contributed by atoms with Crippen LogP contribution in [-0.4, -0.2) is 37.5 Å². The van der Waals surface area contributed by atoms with Gasteiger partial charge < -0.3 is 10.2 Å². The molecular formula is C13H15N3O2. The van der Waals surface area contributed by atoms with Crippen LogP contribution in [0.4, 0.5) is 11.4 Å². The van der Waals surface area contributed by atoms with Crippen molar-refractivity contribution >= 4 is 23.2 Å². The number of hydrogen-bond donors (Lipinski definition) is 1. The predicted molar refractivity (Wildman–Crippen MR) is 68.6 cm³/mol. The lowest BCUT2D eigenvalue weighted by Gasteiger charge is -2.43. The Morgan fingerprint density at radius 1 is 1.28 bits per heavy atom. The molecule has 1 aromatic rings. The fourth-order valence-corrected chi connectivity index (χ4v) is 2.69. The lowest BCUT2D eigenvalue weighted by atomic mass is 10.0. The van der Waals surface area contributed by atoms with Crippen LogP contribution in [0.1, 0.15) is 6.92 Å². The smallest absolute Gasteiger partial charge is 0.251 e. The number of rotatable bonds is 1. The zero-order chi connectivity index (χ0) is 12.7. The summed E-state index contributed by atoms with van der Waals surface area (Å²) in [5.41, 5.74) is 1.67. The van der Waals surface area contributed by atoms with E-state index in [1.807, 2.05) is 31.2 Å². The van der Waals surface area contributed by atoms with Gasteiger partial charge in [0, 0.05) is 13.1 Å². The van der Waals surface area contributed by atoms with Crippen LogP contribution in [0.15, 0.2) is 24.3 Å². The van der Waals surface area contributed by atoms with Gasteiger partial charge in [0.05, 0.1) is 17.9 Å². The fraction of sp³-hybridized carbons (Fsp3) is 0.385. The first-order valence-corrected chi connectivity index (χ1v) is 6.17. The van der Waals surface area contributed by atoms with Crippen LogP contribution in [0.2, 0.25) is 0 Å². The largest absolute Gasteiger partial charge is 0.309 e. The Bertz CT molecular complexity index is 515. The molecular weight excluding hydrogens is 230 g/mol. The minimum absolute atomic E-state index is 0.00301. The summed E-state index contributed by atoms with van der Waals surface area (Å²) >= 11 is 0. The summed E-state index contributed by atoms with van der Waals surface area (Å²) in [4.78, 5) is 27.8. The normalized spacial score (nSPS) is 22.8. The second-order valence-corrected chi connectivity index (χ2v) is 4.48. The molecule has 0 radical (unpaired) electrons. The highest BCUT2D eigenvalue weighted by Crippen LogP contribution is 2.36. The van der Waals surface area contributed by atoms with Gasteiger partial charge in [-0.25, -0.2) is 0 Å². The molecule has 2 heterocycles. The van der Waals surface area contributed by atoms with Crippen molar-refractivity contribution in [3.05, 3.63) is 24.3 Å². The van der Waals surface area contributed by atoms with E-state index in [0.29, 0.717) is 19.6 Å². The Morgan fingerprint density at radius 2 is 2.00 bits per heavy atom. The molecule has 18 heavy (non-hydrogen) atoms. The van der Waals surface area contributed by atoms with Crippen LogP contribution in [-0.2, 0) is 9.59 Å². The maximum Gasteiger partial charge on any atom is 0.251 e. The van der Waals surface area contributed by atoms with Crippen molar-refractivity contribution in [1.29, 1.82) is 0 Å². The van der Waals surface area contributed by atoms with E-state index in [0.717, 1.165) is 11.4 Å². The van der Waals surface area contributed by atoms with Crippen LogP contribution in [0, 0.1) is 0 Å². The number of nitrogens with zero attached hydrogens (tertiary/aromatic N) is 2. The van der Waals surface area contributed by atoms with Crippen LogP contribution < -0.4 is 15.1 Å². The molecule has 5 nitrogen and oxygen atoms in total. The van der Waals surface area contributed by atoms with Crippen LogP contribution in [0.5, 0.6) is 0 Å². The highest BCUT2D eigenvalue weighted by molar-refractivity contribution is 6.14. The first kappa shape index (κ1) is 11.2. The van der Waals surface area contributed by atoms with Crippen molar-refractivity contribution < 1.29 is 9.59 Å². The summed E-state index contributed by atoms with van der Waals surface area (Å²) in [5, 5.41) is 3.00. The third-order valence-corrected chi connectivity index (χ3v) is 3.49. The molecule has 0 aliphatic carbocycles. The maximum atomic E-state index is 12.4. The SMILES string of the molecule is CCN1C(=O)C2CNCC(=O)N2c2ccccc21. The minimum Gasteiger partial charge on any atom is -0.309 e. The van der Waals surface area contributed by atoms with Gasteiger partial charge in [0.15, 0.2) is 0 Å². The van der Waals surface area contributed by atoms with Gasteiger partial charge in [-0.05, 0) is 19.1 Å². The Kier molecular flexibility index (Phi) is 2.56. The number of amides is 2. The molecule has 3 rings (SSSR count). The molecule has 2 amide bonds. The van der Waals surface area contributed by atoms with E-state index in [9.17, 15) is 9.59 Å². The van der Waals surface area contributed by atoms with Crippen molar-refractivity contribution in [1.82, 2.24) is 5.32 Å². The molecule has 1 fully saturated rings. The number of likely N-dealkylation sites (N-methyl/N-ethyl adjacent to an activating group) is 1. The van der Waals surface area contributed by atoms with E-state index in [1.165, 1.54) is 0 Å². The summed E-state index contributed by atoms with van der Waals surface area (Å²) in [6.45, 7) is 3.39. The van der Waals surface area contributed by atoms with Crippen molar-refractivity contribution in [3.8, 4) is 0 Å². The van der Waals surface area contributed by atoms with E-state index < -0.39 is 6.04 Å². The van der Waals surface area contributed by atoms with E-state index in [4.69, 9.17) is 0 Å². The quantitative estimate of drug-likeness (QED) is 0.777. The number of benzene rings is 1. The highest BCUT2D eigenvalue weighted by Gasteiger charge is 2.42. The molecule has 1 N–H and O–H groups in total. The van der Waals surface area contributed by atoms with Crippen molar-refractivity contribution in [2.24, 2.45) is 0 Å². The lowest BCUT2D eigenvalue weighted by molar-refractivity contribution is -0.126. The van der Waals surface area contributed by atoms with Gasteiger partial charge in [-0.3, -0.25) is 14.5 Å². The van der Waals surface area contributed by atoms with Gasteiger partial charge in [0.2, 0.25) is 5.91 Å². The molecule has 0 aromatic heterocycles. The van der Waals surface area contributed by atoms with E-state index in [1.54, 1.807) is 9.80 Å². The van der Waals surface area contributed by atoms with Gasteiger partial charge in [0.25, 0.3) is 5.91 Å². The van der Waals surface area contributed by atoms with Crippen LogP contribution in [0.3, 0.4) is 0 Å². The van der Waals surface area contributed by atoms with Gasteiger partial charge in [-0.15, -0.1) is 0 Å². The second kappa shape index (κ2) is 4.10. The number of anilines is 2. The number of para-hydroxylation sites is 2. The van der Waals surface area contributed by atoms with Crippen molar-refractivity contribution in [2.45, 2.75) is 13.0 Å². The molecule has 1 unspecified atom stereocenters. The summed E-state index contributed by atoms with van der Waals surface area (Å²) in [6, 6.07) is 7.18. The van der Waals surface area contributed by atoms with E-state index >= 15 is 0 Å². The molecule has 2 aliphatic heterocycles. The number of nitrogens with one attached hydrogen (secondary N) is 1. The maximum absolute atomic E-state index is 12.4.